The van der Waals surface area contributed by atoms with Crippen LogP contribution in [-0.4, -0.2) is 25.8 Å². The maximum atomic E-state index is 12.3. The second-order valence-electron chi connectivity index (χ2n) is 6.66. The molecule has 2 aromatic rings. The lowest BCUT2D eigenvalue weighted by Crippen LogP contribution is -2.35. The summed E-state index contributed by atoms with van der Waals surface area (Å²) in [5, 5.41) is 4.44. The fraction of sp³-hybridized carbons (Fsp3) is 0.353. The van der Waals surface area contributed by atoms with Crippen LogP contribution in [0.1, 0.15) is 31.4 Å². The van der Waals surface area contributed by atoms with Gasteiger partial charge in [0.15, 0.2) is 0 Å². The van der Waals surface area contributed by atoms with Crippen LogP contribution in [0, 0.1) is 0 Å². The van der Waals surface area contributed by atoms with Gasteiger partial charge in [-0.25, -0.2) is 15.0 Å². The summed E-state index contributed by atoms with van der Waals surface area (Å²) >= 11 is 0. The fourth-order valence-corrected chi connectivity index (χ4v) is 3.11. The number of hydrogen-bond donors (Lipinski definition) is 2. The number of amides is 2. The largest absolute Gasteiger partial charge is 0.422 e. The van der Waals surface area contributed by atoms with Gasteiger partial charge in [0.2, 0.25) is 0 Å². The molecule has 0 aliphatic carbocycles. The summed E-state index contributed by atoms with van der Waals surface area (Å²) in [4.78, 5) is 25.1. The maximum absolute atomic E-state index is 12.3. The third-order valence-electron chi connectivity index (χ3n) is 4.45. The van der Waals surface area contributed by atoms with E-state index in [1.165, 1.54) is 6.21 Å². The Hall–Kier alpha value is -2.83. The van der Waals surface area contributed by atoms with Gasteiger partial charge < -0.3 is 15.1 Å². The van der Waals surface area contributed by atoms with E-state index in [2.05, 4.69) is 29.3 Å². The Bertz CT molecular complexity index is 899. The molecule has 0 saturated carbocycles. The van der Waals surface area contributed by atoms with E-state index < -0.39 is 11.7 Å². The standard InChI is InChI=1S/C17H20N4O3/c1-17(2)6-7-21(3)12-5-4-10-8-11(9-19-20-16(18)23)15(22)24-14(10)13(12)17/h4-5,8-9H,6-7H2,1-3H3,(H3,18,20,23)/b19-9+. The van der Waals surface area contributed by atoms with Gasteiger partial charge in [0.25, 0.3) is 0 Å². The number of anilines is 1. The van der Waals surface area contributed by atoms with Gasteiger partial charge in [0.05, 0.1) is 11.8 Å². The molecule has 1 aliphatic heterocycles. The first-order chi connectivity index (χ1) is 11.3. The average Bonchev–Trinajstić information content (AvgIpc) is 2.50. The Morgan fingerprint density at radius 2 is 2.21 bits per heavy atom. The molecule has 0 unspecified atom stereocenters. The number of carbonyl (C=O) groups is 1. The zero-order valence-corrected chi connectivity index (χ0v) is 13.9. The minimum absolute atomic E-state index is 0.0829. The normalized spacial score (nSPS) is 16.4. The summed E-state index contributed by atoms with van der Waals surface area (Å²) in [7, 11) is 2.04. The van der Waals surface area contributed by atoms with Crippen molar-refractivity contribution in [1.29, 1.82) is 0 Å². The molecule has 3 N–H and O–H groups in total. The predicted octanol–water partition coefficient (Wildman–Crippen LogP) is 1.91. The van der Waals surface area contributed by atoms with Crippen molar-refractivity contribution in [2.24, 2.45) is 10.8 Å². The first-order valence-corrected chi connectivity index (χ1v) is 7.70. The van der Waals surface area contributed by atoms with Crippen molar-refractivity contribution in [3.8, 4) is 0 Å². The quantitative estimate of drug-likeness (QED) is 0.499. The van der Waals surface area contributed by atoms with Gasteiger partial charge in [0, 0.05) is 30.2 Å². The lowest BCUT2D eigenvalue weighted by molar-refractivity contribution is 0.249. The molecule has 0 radical (unpaired) electrons. The highest BCUT2D eigenvalue weighted by molar-refractivity contribution is 5.91. The van der Waals surface area contributed by atoms with Gasteiger partial charge in [-0.15, -0.1) is 0 Å². The zero-order chi connectivity index (χ0) is 17.5. The number of urea groups is 1. The number of carbonyl (C=O) groups excluding carboxylic acids is 1. The van der Waals surface area contributed by atoms with E-state index in [-0.39, 0.29) is 11.0 Å². The number of fused-ring (bicyclic) bond motifs is 3. The first kappa shape index (κ1) is 16.0. The van der Waals surface area contributed by atoms with Crippen LogP contribution < -0.4 is 21.7 Å². The Kier molecular flexibility index (Phi) is 3.79. The average molecular weight is 328 g/mol. The number of primary amides is 1. The topological polar surface area (TPSA) is 101 Å². The minimum atomic E-state index is -0.796. The van der Waals surface area contributed by atoms with E-state index >= 15 is 0 Å². The molecule has 2 amide bonds. The number of nitrogens with two attached hydrogens (primary N) is 1. The van der Waals surface area contributed by atoms with Crippen molar-refractivity contribution in [3.05, 3.63) is 39.7 Å². The molecule has 2 heterocycles. The highest BCUT2D eigenvalue weighted by Gasteiger charge is 2.33. The lowest BCUT2D eigenvalue weighted by Gasteiger charge is -2.38. The van der Waals surface area contributed by atoms with Crippen LogP contribution in [0.3, 0.4) is 0 Å². The van der Waals surface area contributed by atoms with Crippen LogP contribution in [-0.2, 0) is 5.41 Å². The Morgan fingerprint density at radius 3 is 2.92 bits per heavy atom. The molecule has 3 rings (SSSR count). The molecule has 0 spiro atoms. The molecule has 1 aliphatic rings. The third-order valence-corrected chi connectivity index (χ3v) is 4.45. The van der Waals surface area contributed by atoms with Crippen molar-refractivity contribution >= 4 is 28.9 Å². The van der Waals surface area contributed by atoms with E-state index in [9.17, 15) is 9.59 Å². The van der Waals surface area contributed by atoms with Crippen LogP contribution >= 0.6 is 0 Å². The minimum Gasteiger partial charge on any atom is -0.422 e. The molecule has 0 bridgehead atoms. The van der Waals surface area contributed by atoms with E-state index in [0.717, 1.165) is 29.6 Å². The molecule has 126 valence electrons. The number of nitrogens with zero attached hydrogens (tertiary/aromatic N) is 2. The summed E-state index contributed by atoms with van der Waals surface area (Å²) in [6.45, 7) is 5.27. The van der Waals surface area contributed by atoms with Gasteiger partial charge in [-0.2, -0.15) is 5.10 Å². The van der Waals surface area contributed by atoms with E-state index in [0.29, 0.717) is 5.58 Å². The van der Waals surface area contributed by atoms with Crippen molar-refractivity contribution in [1.82, 2.24) is 5.43 Å². The zero-order valence-electron chi connectivity index (χ0n) is 13.9. The Morgan fingerprint density at radius 1 is 1.46 bits per heavy atom. The maximum Gasteiger partial charge on any atom is 0.345 e. The molecule has 0 fully saturated rings. The van der Waals surface area contributed by atoms with Crippen LogP contribution in [0.2, 0.25) is 0 Å². The molecule has 1 aromatic heterocycles. The smallest absolute Gasteiger partial charge is 0.345 e. The summed E-state index contributed by atoms with van der Waals surface area (Å²) in [6, 6.07) is 4.88. The number of benzene rings is 1. The summed E-state index contributed by atoms with van der Waals surface area (Å²) in [5.74, 6) is 0. The molecule has 7 heteroatoms. The monoisotopic (exact) mass is 328 g/mol. The van der Waals surface area contributed by atoms with E-state index in [1.54, 1.807) is 6.07 Å². The number of hydrogen-bond acceptors (Lipinski definition) is 5. The second-order valence-corrected chi connectivity index (χ2v) is 6.66. The highest BCUT2D eigenvalue weighted by atomic mass is 16.4. The molecule has 1 aromatic carbocycles. The van der Waals surface area contributed by atoms with Gasteiger partial charge in [0.1, 0.15) is 5.58 Å². The third kappa shape index (κ3) is 2.73. The number of nitrogens with one attached hydrogen (secondary N) is 1. The van der Waals surface area contributed by atoms with Gasteiger partial charge in [-0.05, 0) is 30.0 Å². The van der Waals surface area contributed by atoms with E-state index in [4.69, 9.17) is 10.2 Å². The number of rotatable bonds is 2. The Balaban J connectivity index is 2.17. The molecular formula is C17H20N4O3. The van der Waals surface area contributed by atoms with Crippen molar-refractivity contribution in [2.75, 3.05) is 18.5 Å². The van der Waals surface area contributed by atoms with Gasteiger partial charge in [-0.1, -0.05) is 13.8 Å². The van der Waals surface area contributed by atoms with Gasteiger partial charge in [-0.3, -0.25) is 0 Å². The molecule has 24 heavy (non-hydrogen) atoms. The summed E-state index contributed by atoms with van der Waals surface area (Å²) in [5.41, 5.74) is 9.39. The molecule has 0 atom stereocenters. The Labute approximate surface area is 139 Å². The van der Waals surface area contributed by atoms with Crippen molar-refractivity contribution in [3.63, 3.8) is 0 Å². The molecule has 7 nitrogen and oxygen atoms in total. The highest BCUT2D eigenvalue weighted by Crippen LogP contribution is 2.42. The first-order valence-electron chi connectivity index (χ1n) is 7.70. The summed E-state index contributed by atoms with van der Waals surface area (Å²) < 4.78 is 5.62. The summed E-state index contributed by atoms with van der Waals surface area (Å²) in [6.07, 6.45) is 2.21. The predicted molar refractivity (Wildman–Crippen MR) is 93.7 cm³/mol. The van der Waals surface area contributed by atoms with E-state index in [1.807, 2.05) is 19.2 Å². The molecular weight excluding hydrogens is 308 g/mol. The van der Waals surface area contributed by atoms with Crippen molar-refractivity contribution < 1.29 is 9.21 Å². The second kappa shape index (κ2) is 5.67. The van der Waals surface area contributed by atoms with Crippen molar-refractivity contribution in [2.45, 2.75) is 25.7 Å². The van der Waals surface area contributed by atoms with Crippen LogP contribution in [0.25, 0.3) is 11.0 Å². The van der Waals surface area contributed by atoms with Crippen LogP contribution in [0.4, 0.5) is 10.5 Å². The lowest BCUT2D eigenvalue weighted by atomic mass is 9.77. The number of hydrazone groups is 1. The molecule has 0 saturated heterocycles. The fourth-order valence-electron chi connectivity index (χ4n) is 3.11. The van der Waals surface area contributed by atoms with Crippen LogP contribution in [0.5, 0.6) is 0 Å². The van der Waals surface area contributed by atoms with Gasteiger partial charge >= 0.3 is 11.7 Å². The SMILES string of the molecule is CN1CCC(C)(C)c2c1ccc1cc(/C=N/NC(N)=O)c(=O)oc21. The van der Waals surface area contributed by atoms with Crippen LogP contribution in [0.15, 0.2) is 32.5 Å².